The molecule has 0 aliphatic rings. The fraction of sp³-hybridized carbons (Fsp3) is 0.286. The van der Waals surface area contributed by atoms with Gasteiger partial charge in [-0.05, 0) is 24.6 Å². The number of benzene rings is 1. The molecule has 2 heterocycles. The van der Waals surface area contributed by atoms with Gasteiger partial charge in [-0.15, -0.1) is 11.3 Å². The first-order valence-electron chi connectivity index (χ1n) is 6.51. The van der Waals surface area contributed by atoms with Gasteiger partial charge in [0.2, 0.25) is 14.2 Å². The maximum Gasteiger partial charge on any atom is 0.210 e. The molecule has 5 nitrogen and oxygen atoms in total. The summed E-state index contributed by atoms with van der Waals surface area (Å²) < 4.78 is 27.8. The van der Waals surface area contributed by atoms with Crippen molar-refractivity contribution >= 4 is 31.4 Å². The van der Waals surface area contributed by atoms with Crippen molar-refractivity contribution in [1.82, 2.24) is 14.5 Å². The van der Waals surface area contributed by atoms with Gasteiger partial charge in [0.1, 0.15) is 0 Å². The van der Waals surface area contributed by atoms with Crippen LogP contribution < -0.4 is 0 Å². The van der Waals surface area contributed by atoms with Crippen molar-refractivity contribution in [3.8, 4) is 0 Å². The van der Waals surface area contributed by atoms with Gasteiger partial charge in [-0.1, -0.05) is 6.07 Å². The van der Waals surface area contributed by atoms with E-state index in [9.17, 15) is 8.42 Å². The average molecular weight is 321 g/mol. The van der Waals surface area contributed by atoms with Crippen molar-refractivity contribution in [2.24, 2.45) is 7.05 Å². The SMILES string of the molecule is Cc1ccc2sc(S(=O)(=O)CCc3cncn3C)nc2c1. The largest absolute Gasteiger partial charge is 0.338 e. The van der Waals surface area contributed by atoms with Gasteiger partial charge in [0.15, 0.2) is 0 Å². The second-order valence-corrected chi connectivity index (χ2v) is 8.33. The fourth-order valence-corrected chi connectivity index (χ4v) is 4.70. The Morgan fingerprint density at radius 3 is 2.86 bits per heavy atom. The number of nitrogens with zero attached hydrogens (tertiary/aromatic N) is 3. The predicted octanol–water partition coefficient (Wildman–Crippen LogP) is 2.35. The van der Waals surface area contributed by atoms with E-state index in [-0.39, 0.29) is 10.1 Å². The van der Waals surface area contributed by atoms with Crippen LogP contribution in [0.25, 0.3) is 10.2 Å². The van der Waals surface area contributed by atoms with Crippen molar-refractivity contribution < 1.29 is 8.42 Å². The van der Waals surface area contributed by atoms with E-state index in [1.807, 2.05) is 36.7 Å². The normalized spacial score (nSPS) is 12.1. The molecule has 0 unspecified atom stereocenters. The Bertz CT molecular complexity index is 894. The number of thiazole rings is 1. The molecule has 0 aliphatic heterocycles. The minimum atomic E-state index is -3.36. The Labute approximate surface area is 127 Å². The molecule has 0 saturated carbocycles. The van der Waals surface area contributed by atoms with Gasteiger partial charge in [-0.2, -0.15) is 0 Å². The smallest absolute Gasteiger partial charge is 0.210 e. The lowest BCUT2D eigenvalue weighted by molar-refractivity contribution is 0.594. The number of aromatic nitrogens is 3. The summed E-state index contributed by atoms with van der Waals surface area (Å²) in [6.45, 7) is 1.97. The molecule has 21 heavy (non-hydrogen) atoms. The van der Waals surface area contributed by atoms with Crippen LogP contribution in [0.4, 0.5) is 0 Å². The predicted molar refractivity (Wildman–Crippen MR) is 83.3 cm³/mol. The van der Waals surface area contributed by atoms with E-state index < -0.39 is 9.84 Å². The Hall–Kier alpha value is -1.73. The van der Waals surface area contributed by atoms with E-state index in [4.69, 9.17) is 0 Å². The van der Waals surface area contributed by atoms with Crippen molar-refractivity contribution in [3.63, 3.8) is 0 Å². The van der Waals surface area contributed by atoms with Gasteiger partial charge < -0.3 is 4.57 Å². The molecule has 3 rings (SSSR count). The van der Waals surface area contributed by atoms with Gasteiger partial charge in [0.25, 0.3) is 0 Å². The van der Waals surface area contributed by atoms with Crippen LogP contribution in [-0.2, 0) is 23.3 Å². The number of fused-ring (bicyclic) bond motifs is 1. The maximum atomic E-state index is 12.4. The third kappa shape index (κ3) is 2.84. The number of rotatable bonds is 4. The maximum absolute atomic E-state index is 12.4. The highest BCUT2D eigenvalue weighted by atomic mass is 32.2. The topological polar surface area (TPSA) is 64.8 Å². The quantitative estimate of drug-likeness (QED) is 0.740. The van der Waals surface area contributed by atoms with Crippen LogP contribution in [0, 0.1) is 6.92 Å². The monoisotopic (exact) mass is 321 g/mol. The molecule has 7 heteroatoms. The average Bonchev–Trinajstić information content (AvgIpc) is 3.02. The second kappa shape index (κ2) is 5.23. The summed E-state index contributed by atoms with van der Waals surface area (Å²) in [4.78, 5) is 8.27. The summed E-state index contributed by atoms with van der Waals surface area (Å²) in [6, 6.07) is 5.79. The number of sulfone groups is 1. The zero-order valence-corrected chi connectivity index (χ0v) is 13.4. The number of aryl methyl sites for hydroxylation is 3. The molecule has 2 aromatic heterocycles. The summed E-state index contributed by atoms with van der Waals surface area (Å²) in [6.07, 6.45) is 3.80. The molecule has 0 N–H and O–H groups in total. The molecule has 110 valence electrons. The van der Waals surface area contributed by atoms with Gasteiger partial charge in [-0.25, -0.2) is 18.4 Å². The molecule has 0 saturated heterocycles. The van der Waals surface area contributed by atoms with Gasteiger partial charge in [0.05, 0.1) is 22.3 Å². The highest BCUT2D eigenvalue weighted by Gasteiger charge is 2.20. The van der Waals surface area contributed by atoms with Crippen LogP contribution in [0.1, 0.15) is 11.3 Å². The summed E-state index contributed by atoms with van der Waals surface area (Å²) >= 11 is 1.23. The van der Waals surface area contributed by atoms with Gasteiger partial charge in [0, 0.05) is 25.4 Å². The summed E-state index contributed by atoms with van der Waals surface area (Å²) in [5.41, 5.74) is 2.72. The molecule has 0 aliphatic carbocycles. The van der Waals surface area contributed by atoms with E-state index in [1.54, 1.807) is 12.5 Å². The van der Waals surface area contributed by atoms with Crippen LogP contribution in [0.15, 0.2) is 35.1 Å². The van der Waals surface area contributed by atoms with Crippen molar-refractivity contribution in [3.05, 3.63) is 42.0 Å². The van der Waals surface area contributed by atoms with Gasteiger partial charge >= 0.3 is 0 Å². The Morgan fingerprint density at radius 1 is 1.33 bits per heavy atom. The molecule has 0 atom stereocenters. The second-order valence-electron chi connectivity index (χ2n) is 5.02. The van der Waals surface area contributed by atoms with Crippen LogP contribution in [0.2, 0.25) is 0 Å². The lowest BCUT2D eigenvalue weighted by Gasteiger charge is -2.02. The molecule has 0 radical (unpaired) electrons. The minimum absolute atomic E-state index is 0.0470. The van der Waals surface area contributed by atoms with E-state index >= 15 is 0 Å². The zero-order chi connectivity index (χ0) is 15.0. The number of hydrogen-bond acceptors (Lipinski definition) is 5. The first-order valence-corrected chi connectivity index (χ1v) is 8.98. The molecule has 0 bridgehead atoms. The first kappa shape index (κ1) is 14.2. The van der Waals surface area contributed by atoms with Crippen molar-refractivity contribution in [1.29, 1.82) is 0 Å². The van der Waals surface area contributed by atoms with E-state index in [0.717, 1.165) is 21.5 Å². The van der Waals surface area contributed by atoms with E-state index in [1.165, 1.54) is 11.3 Å². The minimum Gasteiger partial charge on any atom is -0.338 e. The highest BCUT2D eigenvalue weighted by Crippen LogP contribution is 2.27. The van der Waals surface area contributed by atoms with Crippen molar-refractivity contribution in [2.75, 3.05) is 5.75 Å². The molecule has 0 fully saturated rings. The summed E-state index contributed by atoms with van der Waals surface area (Å²) in [5.74, 6) is 0.0470. The number of imidazole rings is 1. The van der Waals surface area contributed by atoms with Gasteiger partial charge in [-0.3, -0.25) is 0 Å². The Kier molecular flexibility index (Phi) is 3.54. The molecule has 0 amide bonds. The fourth-order valence-electron chi connectivity index (χ4n) is 2.10. The van der Waals surface area contributed by atoms with Crippen LogP contribution in [0.3, 0.4) is 0 Å². The number of hydrogen-bond donors (Lipinski definition) is 0. The molecular formula is C14H15N3O2S2. The van der Waals surface area contributed by atoms with Crippen LogP contribution >= 0.6 is 11.3 Å². The molecule has 1 aromatic carbocycles. The lowest BCUT2D eigenvalue weighted by Crippen LogP contribution is -2.10. The zero-order valence-electron chi connectivity index (χ0n) is 11.8. The lowest BCUT2D eigenvalue weighted by atomic mass is 10.2. The third-order valence-corrected chi connectivity index (χ3v) is 6.54. The standard InChI is InChI=1S/C14H15N3O2S2/c1-10-3-4-13-12(7-10)16-14(20-13)21(18,19)6-5-11-8-15-9-17(11)2/h3-4,7-9H,5-6H2,1-2H3. The summed E-state index contributed by atoms with van der Waals surface area (Å²) in [7, 11) is -1.50. The first-order chi connectivity index (χ1) is 9.95. The molecule has 3 aromatic rings. The van der Waals surface area contributed by atoms with E-state index in [0.29, 0.717) is 6.42 Å². The summed E-state index contributed by atoms with van der Waals surface area (Å²) in [5, 5.41) is 0. The van der Waals surface area contributed by atoms with Crippen LogP contribution in [0.5, 0.6) is 0 Å². The highest BCUT2D eigenvalue weighted by molar-refractivity contribution is 7.93. The van der Waals surface area contributed by atoms with Crippen LogP contribution in [-0.4, -0.2) is 28.7 Å². The Balaban J connectivity index is 1.87. The Morgan fingerprint density at radius 2 is 2.14 bits per heavy atom. The van der Waals surface area contributed by atoms with Crippen molar-refractivity contribution in [2.45, 2.75) is 17.7 Å². The molecular weight excluding hydrogens is 306 g/mol. The van der Waals surface area contributed by atoms with E-state index in [2.05, 4.69) is 9.97 Å². The molecule has 0 spiro atoms. The third-order valence-electron chi connectivity index (χ3n) is 3.33.